The highest BCUT2D eigenvalue weighted by Gasteiger charge is 2.11. The standard InChI is InChI=1S/C14H16N2OS/c1-9(2)12-8-15-14(18-12)16-13(17)11-7-5-4-6-10(11)3/h4-9H,1-3H3,(H,15,16,17). The first-order chi connectivity index (χ1) is 8.58. The zero-order valence-electron chi connectivity index (χ0n) is 10.7. The molecule has 2 aromatic rings. The third kappa shape index (κ3) is 2.76. The largest absolute Gasteiger partial charge is 0.298 e. The number of hydrogen-bond acceptors (Lipinski definition) is 3. The summed E-state index contributed by atoms with van der Waals surface area (Å²) in [6, 6.07) is 7.54. The van der Waals surface area contributed by atoms with Gasteiger partial charge in [0, 0.05) is 16.6 Å². The van der Waals surface area contributed by atoms with Crippen LogP contribution in [0.15, 0.2) is 30.5 Å². The predicted molar refractivity (Wildman–Crippen MR) is 75.3 cm³/mol. The van der Waals surface area contributed by atoms with Gasteiger partial charge in [-0.2, -0.15) is 0 Å². The molecule has 0 unspecified atom stereocenters. The lowest BCUT2D eigenvalue weighted by atomic mass is 10.1. The van der Waals surface area contributed by atoms with Crippen molar-refractivity contribution in [1.82, 2.24) is 4.98 Å². The molecule has 0 aliphatic rings. The molecule has 1 aromatic heterocycles. The molecule has 0 bridgehead atoms. The highest BCUT2D eigenvalue weighted by molar-refractivity contribution is 7.15. The van der Waals surface area contributed by atoms with Gasteiger partial charge in [-0.15, -0.1) is 11.3 Å². The van der Waals surface area contributed by atoms with Gasteiger partial charge in [0.25, 0.3) is 5.91 Å². The molecular weight excluding hydrogens is 244 g/mol. The zero-order valence-corrected chi connectivity index (χ0v) is 11.5. The maximum absolute atomic E-state index is 12.1. The molecule has 0 saturated heterocycles. The molecule has 0 saturated carbocycles. The Kier molecular flexibility index (Phi) is 3.77. The van der Waals surface area contributed by atoms with E-state index in [0.29, 0.717) is 16.6 Å². The van der Waals surface area contributed by atoms with E-state index in [0.717, 1.165) is 5.56 Å². The van der Waals surface area contributed by atoms with Gasteiger partial charge < -0.3 is 0 Å². The van der Waals surface area contributed by atoms with Crippen LogP contribution in [0.4, 0.5) is 5.13 Å². The number of nitrogens with one attached hydrogen (secondary N) is 1. The fourth-order valence-electron chi connectivity index (χ4n) is 1.60. The minimum atomic E-state index is -0.0993. The summed E-state index contributed by atoms with van der Waals surface area (Å²) in [4.78, 5) is 17.5. The van der Waals surface area contributed by atoms with E-state index in [1.807, 2.05) is 37.4 Å². The van der Waals surface area contributed by atoms with Gasteiger partial charge in [-0.05, 0) is 24.5 Å². The molecule has 18 heavy (non-hydrogen) atoms. The summed E-state index contributed by atoms with van der Waals surface area (Å²) in [5, 5.41) is 3.50. The number of nitrogens with zero attached hydrogens (tertiary/aromatic N) is 1. The molecule has 94 valence electrons. The second-order valence-corrected chi connectivity index (χ2v) is 5.55. The van der Waals surface area contributed by atoms with E-state index in [-0.39, 0.29) is 5.91 Å². The van der Waals surface area contributed by atoms with E-state index in [2.05, 4.69) is 24.1 Å². The van der Waals surface area contributed by atoms with E-state index in [4.69, 9.17) is 0 Å². The molecule has 2 rings (SSSR count). The average molecular weight is 260 g/mol. The lowest BCUT2D eigenvalue weighted by molar-refractivity contribution is 0.102. The normalized spacial score (nSPS) is 10.7. The quantitative estimate of drug-likeness (QED) is 0.911. The Morgan fingerprint density at radius 2 is 2.06 bits per heavy atom. The minimum absolute atomic E-state index is 0.0993. The van der Waals surface area contributed by atoms with Crippen molar-refractivity contribution < 1.29 is 4.79 Å². The average Bonchev–Trinajstić information content (AvgIpc) is 2.78. The predicted octanol–water partition coefficient (Wildman–Crippen LogP) is 3.83. The lowest BCUT2D eigenvalue weighted by Crippen LogP contribution is -2.12. The van der Waals surface area contributed by atoms with Crippen molar-refractivity contribution >= 4 is 22.4 Å². The van der Waals surface area contributed by atoms with E-state index < -0.39 is 0 Å². The third-order valence-electron chi connectivity index (χ3n) is 2.70. The Hall–Kier alpha value is -1.68. The van der Waals surface area contributed by atoms with Crippen molar-refractivity contribution in [3.05, 3.63) is 46.5 Å². The molecule has 0 aliphatic carbocycles. The number of carbonyl (C=O) groups excluding carboxylic acids is 1. The van der Waals surface area contributed by atoms with Crippen molar-refractivity contribution in [1.29, 1.82) is 0 Å². The molecule has 1 amide bonds. The molecule has 1 N–H and O–H groups in total. The summed E-state index contributed by atoms with van der Waals surface area (Å²) >= 11 is 1.53. The van der Waals surface area contributed by atoms with Gasteiger partial charge in [-0.1, -0.05) is 32.0 Å². The number of aromatic nitrogens is 1. The highest BCUT2D eigenvalue weighted by atomic mass is 32.1. The fourth-order valence-corrected chi connectivity index (χ4v) is 2.42. The van der Waals surface area contributed by atoms with Gasteiger partial charge >= 0.3 is 0 Å². The number of benzene rings is 1. The van der Waals surface area contributed by atoms with E-state index >= 15 is 0 Å². The molecule has 0 fully saturated rings. The van der Waals surface area contributed by atoms with Crippen molar-refractivity contribution in [3.63, 3.8) is 0 Å². The Balaban J connectivity index is 2.14. The number of amides is 1. The van der Waals surface area contributed by atoms with Crippen molar-refractivity contribution in [2.75, 3.05) is 5.32 Å². The Morgan fingerprint density at radius 3 is 2.67 bits per heavy atom. The minimum Gasteiger partial charge on any atom is -0.298 e. The summed E-state index contributed by atoms with van der Waals surface area (Å²) in [5.41, 5.74) is 1.66. The second-order valence-electron chi connectivity index (χ2n) is 4.49. The molecule has 1 heterocycles. The molecule has 4 heteroatoms. The molecular formula is C14H16N2OS. The van der Waals surface area contributed by atoms with Crippen LogP contribution < -0.4 is 5.32 Å². The monoisotopic (exact) mass is 260 g/mol. The molecule has 0 radical (unpaired) electrons. The summed E-state index contributed by atoms with van der Waals surface area (Å²) in [5.74, 6) is 0.337. The van der Waals surface area contributed by atoms with Crippen LogP contribution in [0.2, 0.25) is 0 Å². The number of thiazole rings is 1. The first-order valence-corrected chi connectivity index (χ1v) is 6.72. The van der Waals surface area contributed by atoms with Gasteiger partial charge in [0.2, 0.25) is 0 Å². The van der Waals surface area contributed by atoms with E-state index in [1.54, 1.807) is 0 Å². The zero-order chi connectivity index (χ0) is 13.1. The molecule has 0 aliphatic heterocycles. The van der Waals surface area contributed by atoms with E-state index in [1.165, 1.54) is 16.2 Å². The van der Waals surface area contributed by atoms with Crippen LogP contribution in [0.5, 0.6) is 0 Å². The maximum atomic E-state index is 12.1. The summed E-state index contributed by atoms with van der Waals surface area (Å²) in [7, 11) is 0. The first-order valence-electron chi connectivity index (χ1n) is 5.90. The van der Waals surface area contributed by atoms with Crippen LogP contribution in [0.25, 0.3) is 0 Å². The Labute approximate surface area is 111 Å². The molecule has 0 atom stereocenters. The molecule has 1 aromatic carbocycles. The van der Waals surface area contributed by atoms with Crippen LogP contribution in [0.3, 0.4) is 0 Å². The molecule has 3 nitrogen and oxygen atoms in total. The first kappa shape index (κ1) is 12.8. The summed E-state index contributed by atoms with van der Waals surface area (Å²) in [6.45, 7) is 6.15. The molecule has 0 spiro atoms. The topological polar surface area (TPSA) is 42.0 Å². The smallest absolute Gasteiger partial charge is 0.257 e. The van der Waals surface area contributed by atoms with Crippen LogP contribution in [-0.4, -0.2) is 10.9 Å². The number of rotatable bonds is 3. The summed E-state index contributed by atoms with van der Waals surface area (Å²) in [6.07, 6.45) is 1.82. The summed E-state index contributed by atoms with van der Waals surface area (Å²) < 4.78 is 0. The van der Waals surface area contributed by atoms with Gasteiger partial charge in [0.15, 0.2) is 5.13 Å². The second kappa shape index (κ2) is 5.31. The van der Waals surface area contributed by atoms with E-state index in [9.17, 15) is 4.79 Å². The lowest BCUT2D eigenvalue weighted by Gasteiger charge is -2.04. The number of carbonyl (C=O) groups is 1. The number of hydrogen-bond donors (Lipinski definition) is 1. The van der Waals surface area contributed by atoms with Crippen LogP contribution in [0, 0.1) is 6.92 Å². The van der Waals surface area contributed by atoms with Gasteiger partial charge in [0.1, 0.15) is 0 Å². The van der Waals surface area contributed by atoms with Crippen LogP contribution >= 0.6 is 11.3 Å². The SMILES string of the molecule is Cc1ccccc1C(=O)Nc1ncc(C(C)C)s1. The van der Waals surface area contributed by atoms with Crippen molar-refractivity contribution in [2.45, 2.75) is 26.7 Å². The van der Waals surface area contributed by atoms with Crippen LogP contribution in [0.1, 0.15) is 40.6 Å². The van der Waals surface area contributed by atoms with Crippen molar-refractivity contribution in [3.8, 4) is 0 Å². The fraction of sp³-hybridized carbons (Fsp3) is 0.286. The van der Waals surface area contributed by atoms with Gasteiger partial charge in [-0.3, -0.25) is 10.1 Å². The van der Waals surface area contributed by atoms with Crippen LogP contribution in [-0.2, 0) is 0 Å². The highest BCUT2D eigenvalue weighted by Crippen LogP contribution is 2.25. The third-order valence-corrected chi connectivity index (χ3v) is 3.92. The number of aryl methyl sites for hydroxylation is 1. The Morgan fingerprint density at radius 1 is 1.33 bits per heavy atom. The van der Waals surface area contributed by atoms with Gasteiger partial charge in [0.05, 0.1) is 0 Å². The number of anilines is 1. The Bertz CT molecular complexity index is 560. The maximum Gasteiger partial charge on any atom is 0.257 e. The van der Waals surface area contributed by atoms with Crippen molar-refractivity contribution in [2.24, 2.45) is 0 Å². The van der Waals surface area contributed by atoms with Gasteiger partial charge in [-0.25, -0.2) is 4.98 Å².